The third-order valence-corrected chi connectivity index (χ3v) is 1.59. The lowest BCUT2D eigenvalue weighted by molar-refractivity contribution is -0.171. The average Bonchev–Trinajstić information content (AvgIpc) is 2.53. The Morgan fingerprint density at radius 1 is 1.07 bits per heavy atom. The Bertz CT molecular complexity index is 270. The van der Waals surface area contributed by atoms with Gasteiger partial charge in [-0.1, -0.05) is 6.07 Å². The molecule has 0 radical (unpaired) electrons. The second-order valence-corrected chi connectivity index (χ2v) is 2.62. The number of amides is 2. The summed E-state index contributed by atoms with van der Waals surface area (Å²) >= 11 is 0. The van der Waals surface area contributed by atoms with Crippen molar-refractivity contribution in [1.29, 1.82) is 0 Å². The van der Waals surface area contributed by atoms with Gasteiger partial charge in [0.25, 0.3) is 11.8 Å². The summed E-state index contributed by atoms with van der Waals surface area (Å²) in [6, 6.07) is 5.72. The van der Waals surface area contributed by atoms with Crippen LogP contribution in [0.25, 0.3) is 0 Å². The number of aromatic nitrogens is 1. The molecule has 1 aromatic rings. The summed E-state index contributed by atoms with van der Waals surface area (Å²) in [5.74, 6) is -1.01. The van der Waals surface area contributed by atoms with Crippen LogP contribution in [0.15, 0.2) is 30.6 Å². The molecule has 1 saturated heterocycles. The average molecular weight is 194 g/mol. The van der Waals surface area contributed by atoms with E-state index in [-0.39, 0.29) is 17.9 Å². The minimum absolute atomic E-state index is 0.148. The van der Waals surface area contributed by atoms with E-state index in [1.54, 1.807) is 12.4 Å². The van der Waals surface area contributed by atoms with Gasteiger partial charge in [0, 0.05) is 25.2 Å². The van der Waals surface area contributed by atoms with Crippen molar-refractivity contribution in [3.05, 3.63) is 30.6 Å². The number of pyridine rings is 1. The lowest BCUT2D eigenvalue weighted by Crippen LogP contribution is -2.24. The van der Waals surface area contributed by atoms with Gasteiger partial charge >= 0.3 is 0 Å². The van der Waals surface area contributed by atoms with Gasteiger partial charge in [-0.05, 0) is 12.1 Å². The number of nitrogens with zero attached hydrogens (tertiary/aromatic N) is 2. The van der Waals surface area contributed by atoms with E-state index < -0.39 is 11.8 Å². The molecule has 0 aliphatic carbocycles. The van der Waals surface area contributed by atoms with Gasteiger partial charge in [0.2, 0.25) is 0 Å². The fraction of sp³-hybridized carbons (Fsp3) is 0.222. The maximum atomic E-state index is 10.2. The highest BCUT2D eigenvalue weighted by Gasteiger charge is 2.26. The first-order valence-corrected chi connectivity index (χ1v) is 4.11. The maximum Gasteiger partial charge on any atom is 0.253 e. The van der Waals surface area contributed by atoms with Crippen LogP contribution in [0, 0.1) is 0 Å². The van der Waals surface area contributed by atoms with Crippen LogP contribution >= 0.6 is 0 Å². The Kier molecular flexibility index (Phi) is 3.75. The molecule has 1 aliphatic heterocycles. The lowest BCUT2D eigenvalue weighted by Gasteiger charge is -1.98. The van der Waals surface area contributed by atoms with Crippen LogP contribution in [0.1, 0.15) is 12.8 Å². The van der Waals surface area contributed by atoms with E-state index >= 15 is 0 Å². The molecule has 1 aromatic heterocycles. The van der Waals surface area contributed by atoms with Gasteiger partial charge in [-0.2, -0.15) is 5.06 Å². The van der Waals surface area contributed by atoms with E-state index in [2.05, 4.69) is 4.98 Å². The second kappa shape index (κ2) is 5.08. The van der Waals surface area contributed by atoms with Crippen molar-refractivity contribution >= 4 is 11.8 Å². The van der Waals surface area contributed by atoms with Crippen molar-refractivity contribution in [1.82, 2.24) is 10.0 Å². The van der Waals surface area contributed by atoms with E-state index in [1.807, 2.05) is 18.2 Å². The summed E-state index contributed by atoms with van der Waals surface area (Å²) in [6.07, 6.45) is 3.80. The van der Waals surface area contributed by atoms with E-state index in [0.717, 1.165) is 0 Å². The predicted molar refractivity (Wildman–Crippen MR) is 47.1 cm³/mol. The van der Waals surface area contributed by atoms with Crippen LogP contribution in [0.5, 0.6) is 0 Å². The predicted octanol–water partition coefficient (Wildman–Crippen LogP) is 0.606. The molecule has 74 valence electrons. The summed E-state index contributed by atoms with van der Waals surface area (Å²) in [4.78, 5) is 24.3. The van der Waals surface area contributed by atoms with E-state index in [0.29, 0.717) is 0 Å². The molecule has 0 atom stereocenters. The number of carbonyl (C=O) groups excluding carboxylic acids is 2. The normalized spacial score (nSPS) is 15.1. The Hall–Kier alpha value is -1.75. The van der Waals surface area contributed by atoms with Gasteiger partial charge in [-0.3, -0.25) is 19.8 Å². The zero-order valence-electron chi connectivity index (χ0n) is 7.46. The molecule has 2 heterocycles. The van der Waals surface area contributed by atoms with Crippen LogP contribution in [0.3, 0.4) is 0 Å². The fourth-order valence-corrected chi connectivity index (χ4v) is 0.877. The quantitative estimate of drug-likeness (QED) is 0.485. The zero-order chi connectivity index (χ0) is 10.4. The van der Waals surface area contributed by atoms with Gasteiger partial charge in [0.15, 0.2) is 0 Å². The molecule has 14 heavy (non-hydrogen) atoms. The van der Waals surface area contributed by atoms with Crippen LogP contribution in [-0.2, 0) is 9.59 Å². The first-order chi connectivity index (χ1) is 6.72. The molecular weight excluding hydrogens is 184 g/mol. The van der Waals surface area contributed by atoms with Crippen LogP contribution in [-0.4, -0.2) is 27.1 Å². The van der Waals surface area contributed by atoms with Crippen molar-refractivity contribution in [2.45, 2.75) is 12.8 Å². The van der Waals surface area contributed by atoms with Gasteiger partial charge in [0.05, 0.1) is 0 Å². The number of hydroxylamine groups is 2. The van der Waals surface area contributed by atoms with Crippen LogP contribution in [0.4, 0.5) is 0 Å². The third kappa shape index (κ3) is 2.95. The third-order valence-electron chi connectivity index (χ3n) is 1.59. The number of rotatable bonds is 0. The van der Waals surface area contributed by atoms with Gasteiger partial charge < -0.3 is 0 Å². The molecule has 0 saturated carbocycles. The molecule has 1 aliphatic rings. The van der Waals surface area contributed by atoms with Crippen molar-refractivity contribution < 1.29 is 14.8 Å². The molecule has 0 bridgehead atoms. The number of imide groups is 1. The Morgan fingerprint density at radius 2 is 1.57 bits per heavy atom. The lowest BCUT2D eigenvalue weighted by atomic mass is 10.4. The highest BCUT2D eigenvalue weighted by molar-refractivity contribution is 6.00. The SMILES string of the molecule is O=C1CCC(=O)N1O.c1ccncc1. The van der Waals surface area contributed by atoms with E-state index in [4.69, 9.17) is 5.21 Å². The first-order valence-electron chi connectivity index (χ1n) is 4.11. The molecule has 0 aromatic carbocycles. The summed E-state index contributed by atoms with van der Waals surface area (Å²) < 4.78 is 0. The highest BCUT2D eigenvalue weighted by atomic mass is 16.5. The van der Waals surface area contributed by atoms with Crippen molar-refractivity contribution in [3.8, 4) is 0 Å². The maximum absolute atomic E-state index is 10.2. The molecule has 0 unspecified atom stereocenters. The van der Waals surface area contributed by atoms with Gasteiger partial charge in [-0.15, -0.1) is 0 Å². The van der Waals surface area contributed by atoms with Crippen molar-refractivity contribution in [2.24, 2.45) is 0 Å². The van der Waals surface area contributed by atoms with E-state index in [1.165, 1.54) is 0 Å². The van der Waals surface area contributed by atoms with Gasteiger partial charge in [-0.25, -0.2) is 0 Å². The molecule has 5 heteroatoms. The highest BCUT2D eigenvalue weighted by Crippen LogP contribution is 2.06. The summed E-state index contributed by atoms with van der Waals surface area (Å²) in [5, 5.41) is 8.57. The Balaban J connectivity index is 0.000000146. The van der Waals surface area contributed by atoms with Crippen LogP contribution in [0.2, 0.25) is 0 Å². The Morgan fingerprint density at radius 3 is 1.71 bits per heavy atom. The smallest absolute Gasteiger partial charge is 0.253 e. The molecule has 1 fully saturated rings. The summed E-state index contributed by atoms with van der Waals surface area (Å²) in [5.41, 5.74) is 0. The largest absolute Gasteiger partial charge is 0.279 e. The number of hydrogen-bond acceptors (Lipinski definition) is 4. The molecule has 1 N–H and O–H groups in total. The fourth-order valence-electron chi connectivity index (χ4n) is 0.877. The second-order valence-electron chi connectivity index (χ2n) is 2.62. The standard InChI is InChI=1S/C5H5N.C4H5NO3/c1-2-4-6-5-3-1;6-3-1-2-4(7)5(3)8/h1-5H;8H,1-2H2. The van der Waals surface area contributed by atoms with Crippen LogP contribution < -0.4 is 0 Å². The summed E-state index contributed by atoms with van der Waals surface area (Å²) in [7, 11) is 0. The minimum atomic E-state index is -0.505. The Labute approximate surface area is 80.9 Å². The molecular formula is C9H10N2O3. The van der Waals surface area contributed by atoms with Crippen molar-refractivity contribution in [2.75, 3.05) is 0 Å². The zero-order valence-corrected chi connectivity index (χ0v) is 7.46. The van der Waals surface area contributed by atoms with E-state index in [9.17, 15) is 9.59 Å². The molecule has 5 nitrogen and oxygen atoms in total. The molecule has 2 rings (SSSR count). The number of hydrogen-bond donors (Lipinski definition) is 1. The molecule has 2 amide bonds. The minimum Gasteiger partial charge on any atom is -0.279 e. The monoisotopic (exact) mass is 194 g/mol. The molecule has 0 spiro atoms. The van der Waals surface area contributed by atoms with Crippen molar-refractivity contribution in [3.63, 3.8) is 0 Å². The number of carbonyl (C=O) groups is 2. The summed E-state index contributed by atoms with van der Waals surface area (Å²) in [6.45, 7) is 0. The first kappa shape index (κ1) is 10.3. The van der Waals surface area contributed by atoms with Gasteiger partial charge in [0.1, 0.15) is 0 Å². The topological polar surface area (TPSA) is 70.5 Å².